The number of benzene rings is 2. The molecule has 0 fully saturated rings. The van der Waals surface area contributed by atoms with E-state index in [0.29, 0.717) is 29.4 Å². The highest BCUT2D eigenvalue weighted by Gasteiger charge is 2.06. The number of amides is 1. The lowest BCUT2D eigenvalue weighted by Crippen LogP contribution is -1.97. The first-order valence-electron chi connectivity index (χ1n) is 6.39. The van der Waals surface area contributed by atoms with E-state index in [0.717, 1.165) is 10.8 Å². The summed E-state index contributed by atoms with van der Waals surface area (Å²) in [6.07, 6.45) is 2.28. The molecule has 104 valence electrons. The molecule has 5 nitrogen and oxygen atoms in total. The van der Waals surface area contributed by atoms with Crippen LogP contribution >= 0.6 is 0 Å². The zero-order valence-corrected chi connectivity index (χ0v) is 11.1. The van der Waals surface area contributed by atoms with Gasteiger partial charge in [0.15, 0.2) is 5.75 Å². The molecule has 2 aromatic carbocycles. The summed E-state index contributed by atoms with van der Waals surface area (Å²) in [6, 6.07) is 14.7. The van der Waals surface area contributed by atoms with Crippen molar-refractivity contribution in [3.05, 3.63) is 54.7 Å². The average molecular weight is 279 g/mol. The van der Waals surface area contributed by atoms with E-state index in [-0.39, 0.29) is 0 Å². The van der Waals surface area contributed by atoms with Crippen LogP contribution in [0.3, 0.4) is 0 Å². The van der Waals surface area contributed by atoms with Crippen LogP contribution in [0.25, 0.3) is 10.8 Å². The van der Waals surface area contributed by atoms with Gasteiger partial charge in [0.25, 0.3) is 0 Å². The predicted octanol–water partition coefficient (Wildman–Crippen LogP) is 3.18. The van der Waals surface area contributed by atoms with Crippen molar-refractivity contribution in [1.29, 1.82) is 0 Å². The Bertz CT molecular complexity index is 802. The monoisotopic (exact) mass is 279 g/mol. The third-order valence-corrected chi connectivity index (χ3v) is 3.10. The molecule has 3 N–H and O–H groups in total. The zero-order chi connectivity index (χ0) is 14.7. The largest absolute Gasteiger partial charge is 0.455 e. The molecule has 21 heavy (non-hydrogen) atoms. The van der Waals surface area contributed by atoms with Crippen LogP contribution in [0.5, 0.6) is 11.5 Å². The Morgan fingerprint density at radius 2 is 2.00 bits per heavy atom. The maximum Gasteiger partial charge on any atom is 0.211 e. The van der Waals surface area contributed by atoms with E-state index in [1.165, 1.54) is 0 Å². The highest BCUT2D eigenvalue weighted by Crippen LogP contribution is 2.31. The summed E-state index contributed by atoms with van der Waals surface area (Å²) in [7, 11) is 0. The molecule has 0 aliphatic heterocycles. The van der Waals surface area contributed by atoms with Gasteiger partial charge in [-0.25, -0.2) is 4.98 Å². The second kappa shape index (κ2) is 5.50. The second-order valence-corrected chi connectivity index (χ2v) is 4.44. The fourth-order valence-electron chi connectivity index (χ4n) is 2.10. The molecule has 0 spiro atoms. The van der Waals surface area contributed by atoms with Crippen molar-refractivity contribution in [3.63, 3.8) is 0 Å². The number of aromatic nitrogens is 1. The zero-order valence-electron chi connectivity index (χ0n) is 11.1. The molecular weight excluding hydrogens is 266 g/mol. The van der Waals surface area contributed by atoms with Crippen molar-refractivity contribution in [2.75, 3.05) is 11.1 Å². The number of hydrogen-bond donors (Lipinski definition) is 2. The van der Waals surface area contributed by atoms with E-state index in [4.69, 9.17) is 10.5 Å². The molecule has 0 atom stereocenters. The fraction of sp³-hybridized carbons (Fsp3) is 0. The summed E-state index contributed by atoms with van der Waals surface area (Å²) < 4.78 is 5.82. The standard InChI is InChI=1S/C16H13N3O2/c17-16-13-9-12(6-5-11(13)7-8-18-16)21-15-4-2-1-3-14(15)19-10-20/h1-10H,(H2,17,18)(H,19,20). The van der Waals surface area contributed by atoms with Crippen LogP contribution in [0, 0.1) is 0 Å². The minimum Gasteiger partial charge on any atom is -0.455 e. The number of nitrogens with one attached hydrogen (secondary N) is 1. The van der Waals surface area contributed by atoms with E-state index >= 15 is 0 Å². The van der Waals surface area contributed by atoms with Crippen LogP contribution in [-0.2, 0) is 4.79 Å². The van der Waals surface area contributed by atoms with Crippen LogP contribution in [0.1, 0.15) is 0 Å². The Morgan fingerprint density at radius 1 is 1.14 bits per heavy atom. The number of anilines is 2. The molecule has 1 aromatic heterocycles. The fourth-order valence-corrected chi connectivity index (χ4v) is 2.10. The Balaban J connectivity index is 1.98. The lowest BCUT2D eigenvalue weighted by atomic mass is 10.1. The van der Waals surface area contributed by atoms with Gasteiger partial charge < -0.3 is 15.8 Å². The number of ether oxygens (including phenoxy) is 1. The third-order valence-electron chi connectivity index (χ3n) is 3.10. The quantitative estimate of drug-likeness (QED) is 0.719. The maximum absolute atomic E-state index is 10.6. The van der Waals surface area contributed by atoms with E-state index < -0.39 is 0 Å². The first-order valence-corrected chi connectivity index (χ1v) is 6.39. The van der Waals surface area contributed by atoms with E-state index in [9.17, 15) is 4.79 Å². The van der Waals surface area contributed by atoms with Gasteiger partial charge in [-0.05, 0) is 35.7 Å². The van der Waals surface area contributed by atoms with Gasteiger partial charge in [0.1, 0.15) is 11.6 Å². The number of carbonyl (C=O) groups is 1. The van der Waals surface area contributed by atoms with Crippen molar-refractivity contribution in [1.82, 2.24) is 4.98 Å². The average Bonchev–Trinajstić information content (AvgIpc) is 2.50. The summed E-state index contributed by atoms with van der Waals surface area (Å²) in [5.74, 6) is 1.64. The Labute approximate surface area is 121 Å². The molecule has 3 aromatic rings. The summed E-state index contributed by atoms with van der Waals surface area (Å²) >= 11 is 0. The van der Waals surface area contributed by atoms with E-state index in [2.05, 4.69) is 10.3 Å². The maximum atomic E-state index is 10.6. The number of rotatable bonds is 4. The minimum absolute atomic E-state index is 0.456. The molecule has 0 bridgehead atoms. The van der Waals surface area contributed by atoms with Gasteiger partial charge >= 0.3 is 0 Å². The number of carbonyl (C=O) groups excluding carboxylic acids is 1. The third kappa shape index (κ3) is 2.62. The molecule has 0 saturated carbocycles. The number of nitrogens with two attached hydrogens (primary N) is 1. The smallest absolute Gasteiger partial charge is 0.211 e. The molecule has 3 rings (SSSR count). The van der Waals surface area contributed by atoms with Gasteiger partial charge in [0, 0.05) is 11.6 Å². The van der Waals surface area contributed by atoms with Crippen molar-refractivity contribution >= 4 is 28.7 Å². The normalized spacial score (nSPS) is 10.3. The van der Waals surface area contributed by atoms with Crippen molar-refractivity contribution in [2.45, 2.75) is 0 Å². The summed E-state index contributed by atoms with van der Waals surface area (Å²) in [6.45, 7) is 0. The molecule has 1 heterocycles. The van der Waals surface area contributed by atoms with Gasteiger partial charge in [-0.1, -0.05) is 18.2 Å². The van der Waals surface area contributed by atoms with Gasteiger partial charge in [-0.3, -0.25) is 4.79 Å². The van der Waals surface area contributed by atoms with Crippen LogP contribution in [0.4, 0.5) is 11.5 Å². The van der Waals surface area contributed by atoms with Crippen molar-refractivity contribution in [2.24, 2.45) is 0 Å². The van der Waals surface area contributed by atoms with Gasteiger partial charge in [-0.15, -0.1) is 0 Å². The molecule has 5 heteroatoms. The van der Waals surface area contributed by atoms with E-state index in [1.807, 2.05) is 36.4 Å². The van der Waals surface area contributed by atoms with E-state index in [1.54, 1.807) is 18.3 Å². The van der Waals surface area contributed by atoms with Crippen molar-refractivity contribution in [3.8, 4) is 11.5 Å². The number of pyridine rings is 1. The number of nitrogen functional groups attached to an aromatic ring is 1. The first kappa shape index (κ1) is 12.9. The summed E-state index contributed by atoms with van der Waals surface area (Å²) in [5, 5.41) is 4.43. The first-order chi connectivity index (χ1) is 10.3. The number of para-hydroxylation sites is 2. The van der Waals surface area contributed by atoms with Crippen LogP contribution < -0.4 is 15.8 Å². The molecule has 1 amide bonds. The molecule has 0 radical (unpaired) electrons. The van der Waals surface area contributed by atoms with Crippen molar-refractivity contribution < 1.29 is 9.53 Å². The highest BCUT2D eigenvalue weighted by molar-refractivity contribution is 5.91. The summed E-state index contributed by atoms with van der Waals surface area (Å²) in [5.41, 5.74) is 6.47. The minimum atomic E-state index is 0.456. The molecule has 0 unspecified atom stereocenters. The lowest BCUT2D eigenvalue weighted by Gasteiger charge is -2.11. The van der Waals surface area contributed by atoms with Gasteiger partial charge in [0.2, 0.25) is 6.41 Å². The predicted molar refractivity (Wildman–Crippen MR) is 82.4 cm³/mol. The van der Waals surface area contributed by atoms with Gasteiger partial charge in [-0.2, -0.15) is 0 Å². The molecular formula is C16H13N3O2. The highest BCUT2D eigenvalue weighted by atomic mass is 16.5. The Hall–Kier alpha value is -3.08. The number of nitrogens with zero attached hydrogens (tertiary/aromatic N) is 1. The number of fused-ring (bicyclic) bond motifs is 1. The Kier molecular flexibility index (Phi) is 3.39. The van der Waals surface area contributed by atoms with Crippen LogP contribution in [-0.4, -0.2) is 11.4 Å². The SMILES string of the molecule is Nc1nccc2ccc(Oc3ccccc3NC=O)cc12. The molecule has 0 aliphatic carbocycles. The molecule has 0 aliphatic rings. The number of hydrogen-bond acceptors (Lipinski definition) is 4. The lowest BCUT2D eigenvalue weighted by molar-refractivity contribution is -0.105. The Morgan fingerprint density at radius 3 is 2.86 bits per heavy atom. The van der Waals surface area contributed by atoms with Crippen LogP contribution in [0.15, 0.2) is 54.7 Å². The van der Waals surface area contributed by atoms with Crippen LogP contribution in [0.2, 0.25) is 0 Å². The topological polar surface area (TPSA) is 77.2 Å². The van der Waals surface area contributed by atoms with Gasteiger partial charge in [0.05, 0.1) is 5.69 Å². The summed E-state index contributed by atoms with van der Waals surface area (Å²) in [4.78, 5) is 14.7. The molecule has 0 saturated heterocycles. The second-order valence-electron chi connectivity index (χ2n) is 4.44.